The van der Waals surface area contributed by atoms with E-state index in [1.165, 1.54) is 5.57 Å². The van der Waals surface area contributed by atoms with E-state index in [9.17, 15) is 4.79 Å². The van der Waals surface area contributed by atoms with Gasteiger partial charge in [0.1, 0.15) is 5.82 Å². The van der Waals surface area contributed by atoms with Crippen LogP contribution in [0, 0.1) is 6.92 Å². The summed E-state index contributed by atoms with van der Waals surface area (Å²) in [5.74, 6) is 0.455. The van der Waals surface area contributed by atoms with Crippen molar-refractivity contribution in [2.45, 2.75) is 20.3 Å². The molecular formula is C13H13BrN2O. The molecule has 1 N–H and O–H groups in total. The summed E-state index contributed by atoms with van der Waals surface area (Å²) in [6, 6.07) is 1.80. The van der Waals surface area contributed by atoms with Gasteiger partial charge in [0.2, 0.25) is 0 Å². The van der Waals surface area contributed by atoms with Gasteiger partial charge in [0.05, 0.1) is 0 Å². The highest BCUT2D eigenvalue weighted by atomic mass is 79.9. The van der Waals surface area contributed by atoms with Crippen molar-refractivity contribution in [2.75, 3.05) is 5.32 Å². The number of allylic oxidation sites excluding steroid dienone is 2. The predicted molar refractivity (Wildman–Crippen MR) is 71.8 cm³/mol. The Labute approximate surface area is 109 Å². The van der Waals surface area contributed by atoms with Crippen molar-refractivity contribution in [1.29, 1.82) is 0 Å². The third kappa shape index (κ3) is 2.82. The van der Waals surface area contributed by atoms with Crippen LogP contribution < -0.4 is 5.32 Å². The summed E-state index contributed by atoms with van der Waals surface area (Å²) < 4.78 is 0.940. The largest absolute Gasteiger partial charge is 0.307 e. The lowest BCUT2D eigenvalue weighted by Gasteiger charge is -2.05. The molecule has 0 atom stereocenters. The van der Waals surface area contributed by atoms with Crippen molar-refractivity contribution in [3.63, 3.8) is 0 Å². The van der Waals surface area contributed by atoms with Crippen molar-refractivity contribution in [3.8, 4) is 0 Å². The molecule has 0 unspecified atom stereocenters. The zero-order valence-corrected chi connectivity index (χ0v) is 11.3. The topological polar surface area (TPSA) is 42.0 Å². The molecule has 3 nitrogen and oxygen atoms in total. The number of hydrogen-bond acceptors (Lipinski definition) is 2. The quantitative estimate of drug-likeness (QED) is 0.908. The smallest absolute Gasteiger partial charge is 0.256 e. The number of carbonyl (C=O) groups is 1. The fraction of sp³-hybridized carbons (Fsp3) is 0.231. The number of aryl methyl sites for hydroxylation is 1. The van der Waals surface area contributed by atoms with Crippen molar-refractivity contribution in [3.05, 3.63) is 45.6 Å². The Balaban J connectivity index is 2.11. The van der Waals surface area contributed by atoms with Gasteiger partial charge in [-0.2, -0.15) is 0 Å². The maximum Gasteiger partial charge on any atom is 0.256 e. The van der Waals surface area contributed by atoms with Crippen LogP contribution in [0.25, 0.3) is 0 Å². The van der Waals surface area contributed by atoms with Gasteiger partial charge in [0.25, 0.3) is 5.91 Å². The fourth-order valence-electron chi connectivity index (χ4n) is 1.57. The molecule has 1 amide bonds. The number of rotatable bonds is 2. The highest BCUT2D eigenvalue weighted by Gasteiger charge is 2.12. The van der Waals surface area contributed by atoms with Crippen LogP contribution in [-0.4, -0.2) is 10.9 Å². The van der Waals surface area contributed by atoms with Crippen molar-refractivity contribution >= 4 is 27.7 Å². The molecule has 1 aliphatic rings. The summed E-state index contributed by atoms with van der Waals surface area (Å²) in [6.07, 6.45) is 6.41. The fourth-order valence-corrected chi connectivity index (χ4v) is 1.89. The van der Waals surface area contributed by atoms with Crippen LogP contribution in [0.1, 0.15) is 18.9 Å². The van der Waals surface area contributed by atoms with Gasteiger partial charge in [-0.25, -0.2) is 4.98 Å². The molecule has 0 bridgehead atoms. The zero-order chi connectivity index (χ0) is 12.4. The van der Waals surface area contributed by atoms with Gasteiger partial charge in [0, 0.05) is 16.2 Å². The molecule has 0 radical (unpaired) electrons. The van der Waals surface area contributed by atoms with Crippen molar-refractivity contribution in [2.24, 2.45) is 0 Å². The molecular weight excluding hydrogens is 280 g/mol. The number of anilines is 1. The number of pyridine rings is 1. The third-order valence-corrected chi connectivity index (χ3v) is 3.44. The molecule has 1 heterocycles. The molecule has 1 aliphatic carbocycles. The SMILES string of the molecule is CC1=CC(C(=O)Nc2cc(Br)c(C)cn2)=CC1. The minimum absolute atomic E-state index is 0.106. The van der Waals surface area contributed by atoms with Gasteiger partial charge in [-0.15, -0.1) is 0 Å². The summed E-state index contributed by atoms with van der Waals surface area (Å²) in [7, 11) is 0. The van der Waals surface area contributed by atoms with E-state index in [0.29, 0.717) is 11.4 Å². The number of nitrogens with one attached hydrogen (secondary N) is 1. The Bertz CT molecular complexity index is 532. The lowest BCUT2D eigenvalue weighted by Crippen LogP contribution is -2.13. The number of halogens is 1. The number of hydrogen-bond donors (Lipinski definition) is 1. The molecule has 0 aliphatic heterocycles. The van der Waals surface area contributed by atoms with E-state index in [4.69, 9.17) is 0 Å². The summed E-state index contributed by atoms with van der Waals surface area (Å²) in [6.45, 7) is 3.96. The molecule has 0 saturated heterocycles. The van der Waals surface area contributed by atoms with Gasteiger partial charge in [-0.1, -0.05) is 33.7 Å². The molecule has 2 rings (SSSR count). The minimum atomic E-state index is -0.106. The number of carbonyl (C=O) groups excluding carboxylic acids is 1. The lowest BCUT2D eigenvalue weighted by molar-refractivity contribution is -0.112. The Hall–Kier alpha value is -1.42. The molecule has 17 heavy (non-hydrogen) atoms. The third-order valence-electron chi connectivity index (χ3n) is 2.59. The second-order valence-electron chi connectivity index (χ2n) is 4.13. The average Bonchev–Trinajstić information content (AvgIpc) is 2.70. The maximum absolute atomic E-state index is 11.9. The van der Waals surface area contributed by atoms with Crippen LogP contribution in [0.2, 0.25) is 0 Å². The first-order valence-electron chi connectivity index (χ1n) is 5.37. The normalized spacial score (nSPS) is 14.3. The van der Waals surface area contributed by atoms with Gasteiger partial charge in [-0.05, 0) is 31.9 Å². The second kappa shape index (κ2) is 4.84. The molecule has 1 aromatic heterocycles. The van der Waals surface area contributed by atoms with Gasteiger partial charge >= 0.3 is 0 Å². The molecule has 88 valence electrons. The van der Waals surface area contributed by atoms with E-state index in [2.05, 4.69) is 26.2 Å². The predicted octanol–water partition coefficient (Wildman–Crippen LogP) is 3.37. The Morgan fingerprint density at radius 3 is 2.82 bits per heavy atom. The number of amides is 1. The van der Waals surface area contributed by atoms with Gasteiger partial charge in [0.15, 0.2) is 0 Å². The average molecular weight is 293 g/mol. The maximum atomic E-state index is 11.9. The minimum Gasteiger partial charge on any atom is -0.307 e. The second-order valence-corrected chi connectivity index (χ2v) is 4.98. The van der Waals surface area contributed by atoms with E-state index in [0.717, 1.165) is 16.5 Å². The number of nitrogens with zero attached hydrogens (tertiary/aromatic N) is 1. The van der Waals surface area contributed by atoms with E-state index in [1.807, 2.05) is 26.0 Å². The van der Waals surface area contributed by atoms with E-state index in [1.54, 1.807) is 12.3 Å². The Morgan fingerprint density at radius 1 is 1.47 bits per heavy atom. The van der Waals surface area contributed by atoms with Crippen LogP contribution in [0.15, 0.2) is 40.0 Å². The van der Waals surface area contributed by atoms with Gasteiger partial charge in [-0.3, -0.25) is 4.79 Å². The standard InChI is InChI=1S/C13H13BrN2O/c1-8-3-4-10(5-8)13(17)16-12-6-11(14)9(2)7-15-12/h4-7H,3H2,1-2H3,(H,15,16,17). The highest BCUT2D eigenvalue weighted by molar-refractivity contribution is 9.10. The first-order valence-corrected chi connectivity index (χ1v) is 6.16. The first-order chi connectivity index (χ1) is 8.06. The van der Waals surface area contributed by atoms with Gasteiger partial charge < -0.3 is 5.32 Å². The summed E-state index contributed by atoms with van der Waals surface area (Å²) >= 11 is 3.41. The zero-order valence-electron chi connectivity index (χ0n) is 9.75. The highest BCUT2D eigenvalue weighted by Crippen LogP contribution is 2.20. The molecule has 0 spiro atoms. The summed E-state index contributed by atoms with van der Waals surface area (Å²) in [4.78, 5) is 16.0. The van der Waals surface area contributed by atoms with Crippen molar-refractivity contribution < 1.29 is 4.79 Å². The molecule has 0 aromatic carbocycles. The van der Waals surface area contributed by atoms with E-state index >= 15 is 0 Å². The Kier molecular flexibility index (Phi) is 3.43. The van der Waals surface area contributed by atoms with E-state index in [-0.39, 0.29) is 5.91 Å². The number of aromatic nitrogens is 1. The van der Waals surface area contributed by atoms with Crippen molar-refractivity contribution in [1.82, 2.24) is 4.98 Å². The molecule has 0 saturated carbocycles. The first kappa shape index (κ1) is 12.0. The Morgan fingerprint density at radius 2 is 2.24 bits per heavy atom. The van der Waals surface area contributed by atoms with Crippen LogP contribution in [0.4, 0.5) is 5.82 Å². The molecule has 1 aromatic rings. The van der Waals surface area contributed by atoms with Crippen LogP contribution in [-0.2, 0) is 4.79 Å². The summed E-state index contributed by atoms with van der Waals surface area (Å²) in [5, 5.41) is 2.78. The molecule has 4 heteroatoms. The lowest BCUT2D eigenvalue weighted by atomic mass is 10.2. The molecule has 0 fully saturated rings. The summed E-state index contributed by atoms with van der Waals surface area (Å²) in [5.41, 5.74) is 2.95. The van der Waals surface area contributed by atoms with Crippen LogP contribution >= 0.6 is 15.9 Å². The van der Waals surface area contributed by atoms with E-state index < -0.39 is 0 Å². The monoisotopic (exact) mass is 292 g/mol. The van der Waals surface area contributed by atoms with Crippen LogP contribution in [0.3, 0.4) is 0 Å². The van der Waals surface area contributed by atoms with Crippen LogP contribution in [0.5, 0.6) is 0 Å².